The molecule has 30 heavy (non-hydrogen) atoms. The van der Waals surface area contributed by atoms with Gasteiger partial charge in [0.1, 0.15) is 0 Å². The molecular weight excluding hydrogens is 388 g/mol. The molecule has 0 amide bonds. The molecule has 0 atom stereocenters. The van der Waals surface area contributed by atoms with Gasteiger partial charge in [0.15, 0.2) is 0 Å². The van der Waals surface area contributed by atoms with Crippen molar-refractivity contribution in [2.75, 3.05) is 24.5 Å². The Morgan fingerprint density at radius 2 is 1.47 bits per heavy atom. The monoisotopic (exact) mass is 426 g/mol. The van der Waals surface area contributed by atoms with Crippen LogP contribution in [-0.4, -0.2) is 30.6 Å². The van der Waals surface area contributed by atoms with Crippen LogP contribution in [0.25, 0.3) is 0 Å². The molecule has 1 saturated carbocycles. The molecule has 0 saturated heterocycles. The molecule has 164 valence electrons. The fraction of sp³-hybridized carbons (Fsp3) is 0.556. The third-order valence-electron chi connectivity index (χ3n) is 6.98. The summed E-state index contributed by atoms with van der Waals surface area (Å²) in [7, 11) is 0. The molecule has 1 aliphatic carbocycles. The lowest BCUT2D eigenvalue weighted by atomic mass is 9.73. The van der Waals surface area contributed by atoms with Crippen LogP contribution in [0, 0.1) is 13.8 Å². The Morgan fingerprint density at radius 3 is 1.97 bits per heavy atom. The summed E-state index contributed by atoms with van der Waals surface area (Å²) in [5.74, 6) is 0. The van der Waals surface area contributed by atoms with Gasteiger partial charge in [-0.15, -0.1) is 0 Å². The van der Waals surface area contributed by atoms with Crippen LogP contribution in [0.4, 0.5) is 5.69 Å². The number of aryl methyl sites for hydroxylation is 2. The Kier molecular flexibility index (Phi) is 7.87. The first kappa shape index (κ1) is 23.2. The maximum Gasteiger partial charge on any atom is 0.0461 e. The van der Waals surface area contributed by atoms with Crippen LogP contribution in [0.1, 0.15) is 69.6 Å². The van der Waals surface area contributed by atoms with Crippen LogP contribution >= 0.6 is 11.6 Å². The Bertz CT molecular complexity index is 782. The van der Waals surface area contributed by atoms with E-state index in [1.165, 1.54) is 54.5 Å². The van der Waals surface area contributed by atoms with Crippen LogP contribution in [0.2, 0.25) is 5.02 Å². The molecule has 0 unspecified atom stereocenters. The summed E-state index contributed by atoms with van der Waals surface area (Å²) in [6.07, 6.45) is 6.04. The van der Waals surface area contributed by atoms with Crippen molar-refractivity contribution < 1.29 is 0 Å². The van der Waals surface area contributed by atoms with Crippen LogP contribution in [0.15, 0.2) is 42.5 Å². The van der Waals surface area contributed by atoms with Crippen molar-refractivity contribution in [3.8, 4) is 0 Å². The number of nitrogens with zero attached hydrogens (tertiary/aromatic N) is 2. The minimum atomic E-state index is 0.130. The Hall–Kier alpha value is -1.51. The van der Waals surface area contributed by atoms with Crippen LogP contribution in [-0.2, 0) is 5.54 Å². The average Bonchev–Trinajstić information content (AvgIpc) is 2.73. The number of rotatable bonds is 8. The molecule has 2 aromatic rings. The van der Waals surface area contributed by atoms with Crippen molar-refractivity contribution in [3.63, 3.8) is 0 Å². The van der Waals surface area contributed by atoms with Crippen molar-refractivity contribution in [2.24, 2.45) is 0 Å². The van der Waals surface area contributed by atoms with Gasteiger partial charge < -0.3 is 4.90 Å². The lowest BCUT2D eigenvalue weighted by Crippen LogP contribution is -2.51. The zero-order valence-corrected chi connectivity index (χ0v) is 20.3. The highest BCUT2D eigenvalue weighted by Gasteiger charge is 2.41. The first-order valence-electron chi connectivity index (χ1n) is 11.8. The predicted molar refractivity (Wildman–Crippen MR) is 132 cm³/mol. The summed E-state index contributed by atoms with van der Waals surface area (Å²) in [6.45, 7) is 14.6. The van der Waals surface area contributed by atoms with Gasteiger partial charge in [-0.2, -0.15) is 0 Å². The fourth-order valence-corrected chi connectivity index (χ4v) is 5.77. The molecule has 0 spiro atoms. The molecule has 0 radical (unpaired) electrons. The summed E-state index contributed by atoms with van der Waals surface area (Å²) in [4.78, 5) is 5.36. The SMILES string of the molecule is CCCN(c1cc(C)cc(C)c1)C1CCC(c2ccc(Cl)cc2)(N(CC)CC)CC1. The molecule has 2 aromatic carbocycles. The number of hydrogen-bond donors (Lipinski definition) is 0. The lowest BCUT2D eigenvalue weighted by Gasteiger charge is -2.50. The first-order chi connectivity index (χ1) is 14.4. The summed E-state index contributed by atoms with van der Waals surface area (Å²) >= 11 is 6.22. The Balaban J connectivity index is 1.88. The minimum Gasteiger partial charge on any atom is -0.369 e. The van der Waals surface area contributed by atoms with E-state index in [1.807, 2.05) is 0 Å². The highest BCUT2D eigenvalue weighted by atomic mass is 35.5. The zero-order valence-electron chi connectivity index (χ0n) is 19.5. The van der Waals surface area contributed by atoms with E-state index in [2.05, 4.69) is 86.9 Å². The fourth-order valence-electron chi connectivity index (χ4n) is 5.65. The van der Waals surface area contributed by atoms with Gasteiger partial charge in [-0.05, 0) is 100.0 Å². The molecule has 1 aliphatic rings. The molecule has 1 fully saturated rings. The van der Waals surface area contributed by atoms with E-state index in [0.29, 0.717) is 6.04 Å². The summed E-state index contributed by atoms with van der Waals surface area (Å²) < 4.78 is 0. The topological polar surface area (TPSA) is 6.48 Å². The van der Waals surface area contributed by atoms with Gasteiger partial charge in [-0.25, -0.2) is 0 Å². The van der Waals surface area contributed by atoms with E-state index in [-0.39, 0.29) is 5.54 Å². The molecular formula is C27H39ClN2. The molecule has 0 aliphatic heterocycles. The van der Waals surface area contributed by atoms with E-state index < -0.39 is 0 Å². The highest BCUT2D eigenvalue weighted by Crippen LogP contribution is 2.44. The molecule has 0 aromatic heterocycles. The Morgan fingerprint density at radius 1 is 0.900 bits per heavy atom. The van der Waals surface area contributed by atoms with Gasteiger partial charge in [0, 0.05) is 28.8 Å². The number of benzene rings is 2. The van der Waals surface area contributed by atoms with Gasteiger partial charge in [0.25, 0.3) is 0 Å². The predicted octanol–water partition coefficient (Wildman–Crippen LogP) is 7.35. The van der Waals surface area contributed by atoms with Crippen LogP contribution < -0.4 is 4.90 Å². The quantitative estimate of drug-likeness (QED) is 0.435. The minimum absolute atomic E-state index is 0.130. The van der Waals surface area contributed by atoms with Crippen molar-refractivity contribution in [1.29, 1.82) is 0 Å². The normalized spacial score (nSPS) is 21.8. The maximum atomic E-state index is 6.22. The van der Waals surface area contributed by atoms with E-state index in [0.717, 1.165) is 24.7 Å². The van der Waals surface area contributed by atoms with Gasteiger partial charge >= 0.3 is 0 Å². The number of anilines is 1. The highest BCUT2D eigenvalue weighted by molar-refractivity contribution is 6.30. The molecule has 2 nitrogen and oxygen atoms in total. The molecule has 0 heterocycles. The summed E-state index contributed by atoms with van der Waals surface area (Å²) in [5, 5.41) is 0.825. The van der Waals surface area contributed by atoms with Crippen molar-refractivity contribution >= 4 is 17.3 Å². The van der Waals surface area contributed by atoms with Crippen molar-refractivity contribution in [1.82, 2.24) is 4.90 Å². The third kappa shape index (κ3) is 4.86. The van der Waals surface area contributed by atoms with Crippen LogP contribution in [0.5, 0.6) is 0 Å². The van der Waals surface area contributed by atoms with Crippen molar-refractivity contribution in [2.45, 2.75) is 78.3 Å². The van der Waals surface area contributed by atoms with Gasteiger partial charge in [-0.3, -0.25) is 4.90 Å². The van der Waals surface area contributed by atoms with E-state index in [9.17, 15) is 0 Å². The van der Waals surface area contributed by atoms with Crippen molar-refractivity contribution in [3.05, 3.63) is 64.2 Å². The number of hydrogen-bond acceptors (Lipinski definition) is 2. The van der Waals surface area contributed by atoms with E-state index in [1.54, 1.807) is 0 Å². The third-order valence-corrected chi connectivity index (χ3v) is 7.23. The van der Waals surface area contributed by atoms with E-state index >= 15 is 0 Å². The first-order valence-corrected chi connectivity index (χ1v) is 12.2. The van der Waals surface area contributed by atoms with E-state index in [4.69, 9.17) is 11.6 Å². The summed E-state index contributed by atoms with van der Waals surface area (Å²) in [5.41, 5.74) is 5.69. The smallest absolute Gasteiger partial charge is 0.0461 e. The average molecular weight is 427 g/mol. The van der Waals surface area contributed by atoms with Gasteiger partial charge in [-0.1, -0.05) is 50.6 Å². The molecule has 0 N–H and O–H groups in total. The Labute approximate surface area is 189 Å². The maximum absolute atomic E-state index is 6.22. The molecule has 3 rings (SSSR count). The largest absolute Gasteiger partial charge is 0.369 e. The lowest BCUT2D eigenvalue weighted by molar-refractivity contribution is 0.0505. The van der Waals surface area contributed by atoms with Crippen LogP contribution in [0.3, 0.4) is 0 Å². The zero-order chi connectivity index (χ0) is 21.7. The second kappa shape index (κ2) is 10.2. The second-order valence-electron chi connectivity index (χ2n) is 8.98. The second-order valence-corrected chi connectivity index (χ2v) is 9.42. The standard InChI is InChI=1S/C27H39ClN2/c1-6-17-30(26-19-21(4)18-22(5)20-26)25-13-15-27(16-14-25,29(7-2)8-3)23-9-11-24(28)12-10-23/h9-12,18-20,25H,6-8,13-17H2,1-5H3. The summed E-state index contributed by atoms with van der Waals surface area (Å²) in [6, 6.07) is 16.3. The molecule has 3 heteroatoms. The molecule has 0 bridgehead atoms. The van der Waals surface area contributed by atoms with Gasteiger partial charge in [0.05, 0.1) is 0 Å². The number of halogens is 1. The van der Waals surface area contributed by atoms with Gasteiger partial charge in [0.2, 0.25) is 0 Å².